The molecule has 0 N–H and O–H groups in total. The molecule has 0 radical (unpaired) electrons. The molecule has 0 saturated carbocycles. The van der Waals surface area contributed by atoms with E-state index in [1.165, 1.54) is 10.6 Å². The minimum absolute atomic E-state index is 0.109. The van der Waals surface area contributed by atoms with Gasteiger partial charge < -0.3 is 0 Å². The highest BCUT2D eigenvalue weighted by molar-refractivity contribution is 7.99. The molecule has 1 aromatic carbocycles. The standard InChI is InChI=1S/C16H13N3O3S/c1-10-6-7-12(11(2)9-10)23-15-14(19(21)22)16(20)18-8-4-3-5-13(18)17-15/h3-9H,1-2H3. The molecule has 0 amide bonds. The van der Waals surface area contributed by atoms with E-state index in [0.717, 1.165) is 27.8 Å². The molecule has 23 heavy (non-hydrogen) atoms. The average molecular weight is 327 g/mol. The van der Waals surface area contributed by atoms with Crippen LogP contribution in [-0.2, 0) is 0 Å². The molecule has 2 heterocycles. The third kappa shape index (κ3) is 2.83. The van der Waals surface area contributed by atoms with Crippen molar-refractivity contribution in [2.75, 3.05) is 0 Å². The third-order valence-electron chi connectivity index (χ3n) is 3.40. The van der Waals surface area contributed by atoms with E-state index < -0.39 is 16.2 Å². The lowest BCUT2D eigenvalue weighted by atomic mass is 10.2. The zero-order chi connectivity index (χ0) is 16.6. The smallest absolute Gasteiger partial charge is 0.262 e. The molecule has 2 aromatic heterocycles. The number of benzene rings is 1. The van der Waals surface area contributed by atoms with E-state index in [9.17, 15) is 14.9 Å². The number of fused-ring (bicyclic) bond motifs is 1. The highest BCUT2D eigenvalue weighted by atomic mass is 32.2. The van der Waals surface area contributed by atoms with Crippen LogP contribution in [0.2, 0.25) is 0 Å². The van der Waals surface area contributed by atoms with Crippen LogP contribution in [0.5, 0.6) is 0 Å². The molecule has 0 atom stereocenters. The van der Waals surface area contributed by atoms with Crippen LogP contribution < -0.4 is 5.56 Å². The number of rotatable bonds is 3. The fourth-order valence-electron chi connectivity index (χ4n) is 2.30. The summed E-state index contributed by atoms with van der Waals surface area (Å²) in [7, 11) is 0. The van der Waals surface area contributed by atoms with Gasteiger partial charge in [0, 0.05) is 11.1 Å². The largest absolute Gasteiger partial charge is 0.366 e. The molecule has 0 aliphatic carbocycles. The molecule has 0 saturated heterocycles. The van der Waals surface area contributed by atoms with Gasteiger partial charge in [0.1, 0.15) is 5.65 Å². The first-order valence-corrected chi connectivity index (χ1v) is 7.70. The van der Waals surface area contributed by atoms with Gasteiger partial charge in [0.05, 0.1) is 4.92 Å². The molecule has 3 aromatic rings. The summed E-state index contributed by atoms with van der Waals surface area (Å²) in [5, 5.41) is 11.5. The zero-order valence-corrected chi connectivity index (χ0v) is 13.3. The summed E-state index contributed by atoms with van der Waals surface area (Å²) in [5.41, 5.74) is 1.30. The molecular formula is C16H13N3O3S. The van der Waals surface area contributed by atoms with Crippen LogP contribution in [0.4, 0.5) is 5.69 Å². The Bertz CT molecular complexity index is 982. The van der Waals surface area contributed by atoms with Crippen LogP contribution >= 0.6 is 11.8 Å². The molecule has 0 bridgehead atoms. The van der Waals surface area contributed by atoms with Gasteiger partial charge in [0.25, 0.3) is 0 Å². The fraction of sp³-hybridized carbons (Fsp3) is 0.125. The van der Waals surface area contributed by atoms with Gasteiger partial charge in [-0.05, 0) is 37.6 Å². The van der Waals surface area contributed by atoms with Gasteiger partial charge in [-0.1, -0.05) is 35.5 Å². The van der Waals surface area contributed by atoms with E-state index in [-0.39, 0.29) is 5.03 Å². The molecule has 0 aliphatic rings. The van der Waals surface area contributed by atoms with E-state index >= 15 is 0 Å². The summed E-state index contributed by atoms with van der Waals surface area (Å²) in [4.78, 5) is 28.2. The number of aromatic nitrogens is 2. The lowest BCUT2D eigenvalue weighted by Crippen LogP contribution is -2.19. The molecule has 0 unspecified atom stereocenters. The number of hydrogen-bond donors (Lipinski definition) is 0. The Morgan fingerprint density at radius 1 is 1.22 bits per heavy atom. The Balaban J connectivity index is 2.21. The quantitative estimate of drug-likeness (QED) is 0.419. The van der Waals surface area contributed by atoms with Crippen LogP contribution in [0.15, 0.2) is 57.3 Å². The second kappa shape index (κ2) is 5.85. The number of hydrogen-bond acceptors (Lipinski definition) is 5. The Kier molecular flexibility index (Phi) is 3.87. The second-order valence-electron chi connectivity index (χ2n) is 5.13. The summed E-state index contributed by atoms with van der Waals surface area (Å²) >= 11 is 1.14. The van der Waals surface area contributed by atoms with Gasteiger partial charge in [0.2, 0.25) is 0 Å². The van der Waals surface area contributed by atoms with Crippen molar-refractivity contribution in [3.8, 4) is 0 Å². The lowest BCUT2D eigenvalue weighted by Gasteiger charge is -2.07. The molecule has 0 spiro atoms. The van der Waals surface area contributed by atoms with E-state index in [4.69, 9.17) is 0 Å². The van der Waals surface area contributed by atoms with Crippen molar-refractivity contribution in [2.24, 2.45) is 0 Å². The molecule has 7 heteroatoms. The van der Waals surface area contributed by atoms with Crippen molar-refractivity contribution in [1.82, 2.24) is 9.38 Å². The monoisotopic (exact) mass is 327 g/mol. The first-order chi connectivity index (χ1) is 11.0. The average Bonchev–Trinajstić information content (AvgIpc) is 2.50. The Morgan fingerprint density at radius 3 is 2.70 bits per heavy atom. The van der Waals surface area contributed by atoms with Crippen molar-refractivity contribution in [2.45, 2.75) is 23.8 Å². The van der Waals surface area contributed by atoms with Crippen LogP contribution in [-0.4, -0.2) is 14.3 Å². The normalized spacial score (nSPS) is 10.9. The van der Waals surface area contributed by atoms with Crippen LogP contribution in [0, 0.1) is 24.0 Å². The van der Waals surface area contributed by atoms with E-state index in [0.29, 0.717) is 5.65 Å². The maximum atomic E-state index is 12.4. The Labute approximate surface area is 136 Å². The van der Waals surface area contributed by atoms with Crippen LogP contribution in [0.25, 0.3) is 5.65 Å². The highest BCUT2D eigenvalue weighted by Gasteiger charge is 2.24. The lowest BCUT2D eigenvalue weighted by molar-refractivity contribution is -0.389. The predicted octanol–water partition coefficient (Wildman–Crippen LogP) is 3.37. The van der Waals surface area contributed by atoms with E-state index in [1.54, 1.807) is 18.2 Å². The second-order valence-corrected chi connectivity index (χ2v) is 6.16. The first kappa shape index (κ1) is 15.2. The number of pyridine rings is 1. The van der Waals surface area contributed by atoms with Gasteiger partial charge in [-0.25, -0.2) is 4.98 Å². The number of nitro groups is 1. The van der Waals surface area contributed by atoms with Gasteiger partial charge in [-0.2, -0.15) is 0 Å². The van der Waals surface area contributed by atoms with Crippen molar-refractivity contribution in [1.29, 1.82) is 0 Å². The van der Waals surface area contributed by atoms with Crippen molar-refractivity contribution >= 4 is 23.1 Å². The minimum atomic E-state index is -0.673. The van der Waals surface area contributed by atoms with Crippen molar-refractivity contribution in [3.63, 3.8) is 0 Å². The van der Waals surface area contributed by atoms with Gasteiger partial charge >= 0.3 is 11.2 Å². The molecule has 3 rings (SSSR count). The summed E-state index contributed by atoms with van der Waals surface area (Å²) in [6.45, 7) is 3.90. The van der Waals surface area contributed by atoms with E-state index in [2.05, 4.69) is 4.98 Å². The van der Waals surface area contributed by atoms with Crippen molar-refractivity contribution in [3.05, 3.63) is 74.2 Å². The maximum absolute atomic E-state index is 12.4. The maximum Gasteiger partial charge on any atom is 0.366 e. The summed E-state index contributed by atoms with van der Waals surface area (Å²) in [6.07, 6.45) is 1.48. The van der Waals surface area contributed by atoms with Gasteiger partial charge in [-0.3, -0.25) is 19.3 Å². The summed E-state index contributed by atoms with van der Waals surface area (Å²) in [6, 6.07) is 10.8. The minimum Gasteiger partial charge on any atom is -0.262 e. The Morgan fingerprint density at radius 2 is 2.00 bits per heavy atom. The van der Waals surface area contributed by atoms with E-state index in [1.807, 2.05) is 32.0 Å². The topological polar surface area (TPSA) is 77.5 Å². The number of aryl methyl sites for hydroxylation is 2. The van der Waals surface area contributed by atoms with Gasteiger partial charge in [0.15, 0.2) is 5.03 Å². The van der Waals surface area contributed by atoms with Crippen molar-refractivity contribution < 1.29 is 4.92 Å². The highest BCUT2D eigenvalue weighted by Crippen LogP contribution is 2.33. The summed E-state index contributed by atoms with van der Waals surface area (Å²) in [5.74, 6) is 0. The molecule has 0 fully saturated rings. The SMILES string of the molecule is Cc1ccc(Sc2nc3ccccn3c(=O)c2[N+](=O)[O-])c(C)c1. The van der Waals surface area contributed by atoms with Crippen LogP contribution in [0.1, 0.15) is 11.1 Å². The zero-order valence-electron chi connectivity index (χ0n) is 12.5. The molecular weight excluding hydrogens is 314 g/mol. The number of nitrogens with zero attached hydrogens (tertiary/aromatic N) is 3. The predicted molar refractivity (Wildman–Crippen MR) is 88.2 cm³/mol. The van der Waals surface area contributed by atoms with Gasteiger partial charge in [-0.15, -0.1) is 0 Å². The van der Waals surface area contributed by atoms with Crippen LogP contribution in [0.3, 0.4) is 0 Å². The third-order valence-corrected chi connectivity index (χ3v) is 4.55. The molecule has 0 aliphatic heterocycles. The first-order valence-electron chi connectivity index (χ1n) is 6.88. The molecule has 6 nitrogen and oxygen atoms in total. The Hall–Kier alpha value is -2.67. The fourth-order valence-corrected chi connectivity index (χ4v) is 3.27. The summed E-state index contributed by atoms with van der Waals surface area (Å²) < 4.78 is 1.18. The molecule has 116 valence electrons.